The van der Waals surface area contributed by atoms with Gasteiger partial charge in [-0.25, -0.2) is 0 Å². The van der Waals surface area contributed by atoms with E-state index in [1.807, 2.05) is 24.5 Å². The van der Waals surface area contributed by atoms with Gasteiger partial charge in [0.15, 0.2) is 0 Å². The van der Waals surface area contributed by atoms with E-state index in [1.165, 1.54) is 11.1 Å². The fourth-order valence-electron chi connectivity index (χ4n) is 1.08. The van der Waals surface area contributed by atoms with Gasteiger partial charge in [0.05, 0.1) is 0 Å². The molecule has 0 N–H and O–H groups in total. The third kappa shape index (κ3) is 3.60. The summed E-state index contributed by atoms with van der Waals surface area (Å²) in [4.78, 5) is 9.96. The number of benzene rings is 1. The zero-order chi connectivity index (χ0) is 8.10. The number of rotatable bonds is 3. The van der Waals surface area contributed by atoms with Crippen molar-refractivity contribution in [3.8, 4) is 0 Å². The van der Waals surface area contributed by atoms with Crippen molar-refractivity contribution in [1.82, 2.24) is 0 Å². The van der Waals surface area contributed by atoms with Gasteiger partial charge in [0, 0.05) is 0 Å². The summed E-state index contributed by atoms with van der Waals surface area (Å²) in [7, 11) is 0. The molecule has 0 saturated heterocycles. The first kappa shape index (κ1) is 12.0. The second-order valence-corrected chi connectivity index (χ2v) is 2.57. The Balaban J connectivity index is 0.00000121. The molecule has 1 nitrogen and oxygen atoms in total. The molecule has 0 bridgehead atoms. The molecule has 2 heteroatoms. The summed E-state index contributed by atoms with van der Waals surface area (Å²) in [6.07, 6.45) is 3.21. The van der Waals surface area contributed by atoms with Crippen molar-refractivity contribution in [1.29, 1.82) is 0 Å². The van der Waals surface area contributed by atoms with E-state index < -0.39 is 0 Å². The topological polar surface area (TPSA) is 17.1 Å². The van der Waals surface area contributed by atoms with E-state index in [0.29, 0.717) is 6.42 Å². The molecule has 0 atom stereocenters. The van der Waals surface area contributed by atoms with Crippen LogP contribution in [0.25, 0.3) is 0 Å². The maximum absolute atomic E-state index is 9.96. The van der Waals surface area contributed by atoms with Gasteiger partial charge in [-0.1, -0.05) is 30.7 Å². The molecule has 0 fully saturated rings. The predicted molar refractivity (Wildman–Crippen MR) is 45.2 cm³/mol. The molecule has 0 heterocycles. The SMILES string of the molecule is Cc1ccccc1CC[C-]=O.[Y+3]. The molecular weight excluding hydrogens is 225 g/mol. The van der Waals surface area contributed by atoms with Crippen LogP contribution in [0.1, 0.15) is 17.5 Å². The summed E-state index contributed by atoms with van der Waals surface area (Å²) in [5.41, 5.74) is 2.50. The van der Waals surface area contributed by atoms with Gasteiger partial charge >= 0.3 is 32.7 Å². The van der Waals surface area contributed by atoms with Crippen LogP contribution >= 0.6 is 0 Å². The van der Waals surface area contributed by atoms with Gasteiger partial charge < -0.3 is 4.79 Å². The molecule has 0 amide bonds. The van der Waals surface area contributed by atoms with Crippen LogP contribution < -0.4 is 0 Å². The predicted octanol–water partition coefficient (Wildman–Crippen LogP) is 2.03. The van der Waals surface area contributed by atoms with E-state index in [1.54, 1.807) is 0 Å². The van der Waals surface area contributed by atoms with Gasteiger partial charge in [0.25, 0.3) is 0 Å². The van der Waals surface area contributed by atoms with Crippen molar-refractivity contribution in [2.24, 2.45) is 0 Å². The number of hydrogen-bond acceptors (Lipinski definition) is 1. The Morgan fingerprint density at radius 1 is 1.33 bits per heavy atom. The molecule has 0 unspecified atom stereocenters. The quantitative estimate of drug-likeness (QED) is 0.734. The first-order chi connectivity index (χ1) is 5.34. The molecule has 1 aromatic rings. The molecule has 58 valence electrons. The van der Waals surface area contributed by atoms with Crippen LogP contribution in [0, 0.1) is 6.92 Å². The van der Waals surface area contributed by atoms with E-state index >= 15 is 0 Å². The second-order valence-electron chi connectivity index (χ2n) is 2.57. The van der Waals surface area contributed by atoms with E-state index in [-0.39, 0.29) is 32.7 Å². The van der Waals surface area contributed by atoms with Crippen molar-refractivity contribution in [3.05, 3.63) is 35.4 Å². The molecule has 0 spiro atoms. The molecular formula is C10H11OY+2. The summed E-state index contributed by atoms with van der Waals surface area (Å²) in [6, 6.07) is 8.10. The Hall–Kier alpha value is -0.00610. The van der Waals surface area contributed by atoms with Crippen molar-refractivity contribution < 1.29 is 37.5 Å². The smallest absolute Gasteiger partial charge is 0.542 e. The van der Waals surface area contributed by atoms with Gasteiger partial charge in [-0.3, -0.25) is 6.29 Å². The van der Waals surface area contributed by atoms with E-state index in [4.69, 9.17) is 0 Å². The minimum atomic E-state index is 0. The molecule has 0 aliphatic carbocycles. The monoisotopic (exact) mass is 236 g/mol. The van der Waals surface area contributed by atoms with Crippen LogP contribution in [0.2, 0.25) is 0 Å². The summed E-state index contributed by atoms with van der Waals surface area (Å²) in [6.45, 7) is 2.06. The zero-order valence-corrected chi connectivity index (χ0v) is 10.0. The first-order valence-corrected chi connectivity index (χ1v) is 3.74. The van der Waals surface area contributed by atoms with Crippen LogP contribution in [0.15, 0.2) is 24.3 Å². The largest absolute Gasteiger partial charge is 3.00 e. The average Bonchev–Trinajstić information content (AvgIpc) is 2.03. The Morgan fingerprint density at radius 3 is 2.58 bits per heavy atom. The minimum Gasteiger partial charge on any atom is -0.542 e. The first-order valence-electron chi connectivity index (χ1n) is 3.74. The number of hydrogen-bond donors (Lipinski definition) is 0. The molecule has 0 saturated carbocycles. The fraction of sp³-hybridized carbons (Fsp3) is 0.300. The van der Waals surface area contributed by atoms with Gasteiger partial charge in [-0.2, -0.15) is 0 Å². The summed E-state index contributed by atoms with van der Waals surface area (Å²) in [5.74, 6) is 0. The van der Waals surface area contributed by atoms with Gasteiger partial charge in [-0.05, 0) is 18.1 Å². The Kier molecular flexibility index (Phi) is 6.50. The van der Waals surface area contributed by atoms with Crippen molar-refractivity contribution in [2.45, 2.75) is 19.8 Å². The third-order valence-electron chi connectivity index (χ3n) is 1.76. The van der Waals surface area contributed by atoms with E-state index in [9.17, 15) is 4.79 Å². The molecule has 0 aliphatic heterocycles. The van der Waals surface area contributed by atoms with Crippen molar-refractivity contribution in [2.75, 3.05) is 0 Å². The molecule has 1 aromatic carbocycles. The summed E-state index contributed by atoms with van der Waals surface area (Å²) in [5, 5.41) is 0. The van der Waals surface area contributed by atoms with Crippen LogP contribution in [0.3, 0.4) is 0 Å². The van der Waals surface area contributed by atoms with Crippen molar-refractivity contribution in [3.63, 3.8) is 0 Å². The second kappa shape index (κ2) is 6.50. The van der Waals surface area contributed by atoms with E-state index in [0.717, 1.165) is 6.42 Å². The Morgan fingerprint density at radius 2 is 2.00 bits per heavy atom. The Bertz CT molecular complexity index is 245. The summed E-state index contributed by atoms with van der Waals surface area (Å²) >= 11 is 0. The van der Waals surface area contributed by atoms with Crippen LogP contribution in [0.5, 0.6) is 0 Å². The normalized spacial score (nSPS) is 8.75. The average molecular weight is 236 g/mol. The van der Waals surface area contributed by atoms with Crippen LogP contribution in [0.4, 0.5) is 0 Å². The van der Waals surface area contributed by atoms with Gasteiger partial charge in [0.2, 0.25) is 0 Å². The van der Waals surface area contributed by atoms with Crippen LogP contribution in [-0.4, -0.2) is 6.29 Å². The van der Waals surface area contributed by atoms with Gasteiger partial charge in [-0.15, -0.1) is 6.42 Å². The molecule has 12 heavy (non-hydrogen) atoms. The molecule has 0 aliphatic rings. The third-order valence-corrected chi connectivity index (χ3v) is 1.76. The zero-order valence-electron chi connectivity index (χ0n) is 7.21. The number of carbonyl (C=O) groups excluding carboxylic acids is 1. The number of aryl methyl sites for hydroxylation is 2. The van der Waals surface area contributed by atoms with Gasteiger partial charge in [0.1, 0.15) is 0 Å². The maximum atomic E-state index is 9.96. The van der Waals surface area contributed by atoms with Crippen molar-refractivity contribution >= 4 is 6.29 Å². The standard InChI is InChI=1S/C10H11O.Y/c1-9-5-2-3-6-10(9)7-4-8-11;/h2-3,5-6H,4,7H2,1H3;/q-1;+3. The fourth-order valence-corrected chi connectivity index (χ4v) is 1.08. The Labute approximate surface area is 98.4 Å². The summed E-state index contributed by atoms with van der Waals surface area (Å²) < 4.78 is 0. The van der Waals surface area contributed by atoms with E-state index in [2.05, 4.69) is 13.0 Å². The minimum absolute atomic E-state index is 0. The molecule has 0 aromatic heterocycles. The van der Waals surface area contributed by atoms with Crippen LogP contribution in [-0.2, 0) is 43.9 Å². The molecule has 0 radical (unpaired) electrons. The maximum Gasteiger partial charge on any atom is 3.00 e. The molecule has 1 rings (SSSR count).